The number of rotatable bonds is 6. The Balaban J connectivity index is 2.63. The Bertz CT molecular complexity index is 348. The topological polar surface area (TPSA) is 32.7 Å². The molecular formula is C14H23NO2. The first-order valence-corrected chi connectivity index (χ1v) is 6.07. The predicted molar refractivity (Wildman–Crippen MR) is 70.5 cm³/mol. The number of aliphatic hydroxyl groups is 1. The van der Waals surface area contributed by atoms with Gasteiger partial charge in [-0.25, -0.2) is 0 Å². The molecule has 1 atom stereocenters. The summed E-state index contributed by atoms with van der Waals surface area (Å²) in [5.41, 5.74) is 1.95. The highest BCUT2D eigenvalue weighted by Gasteiger charge is 2.11. The Kier molecular flexibility index (Phi) is 5.45. The Hall–Kier alpha value is -1.06. The molecule has 0 amide bonds. The van der Waals surface area contributed by atoms with Gasteiger partial charge in [-0.05, 0) is 39.9 Å². The second kappa shape index (κ2) is 6.62. The summed E-state index contributed by atoms with van der Waals surface area (Å²) in [4.78, 5) is 2.14. The summed E-state index contributed by atoms with van der Waals surface area (Å²) >= 11 is 0. The van der Waals surface area contributed by atoms with Crippen LogP contribution in [0.2, 0.25) is 0 Å². The molecule has 0 aromatic heterocycles. The minimum Gasteiger partial charge on any atom is -0.493 e. The largest absolute Gasteiger partial charge is 0.493 e. The Morgan fingerprint density at radius 2 is 2.06 bits per heavy atom. The zero-order chi connectivity index (χ0) is 12.8. The summed E-state index contributed by atoms with van der Waals surface area (Å²) in [6, 6.07) is 5.87. The van der Waals surface area contributed by atoms with Crippen molar-refractivity contribution in [2.45, 2.75) is 26.4 Å². The van der Waals surface area contributed by atoms with Crippen LogP contribution in [0.4, 0.5) is 0 Å². The summed E-state index contributed by atoms with van der Waals surface area (Å²) in [6.45, 7) is 5.47. The van der Waals surface area contributed by atoms with Gasteiger partial charge in [-0.2, -0.15) is 0 Å². The number of hydrogen-bond donors (Lipinski definition) is 1. The summed E-state index contributed by atoms with van der Waals surface area (Å²) in [6.07, 6.45) is 0.499. The molecule has 96 valence electrons. The second-order valence-corrected chi connectivity index (χ2v) is 4.67. The molecule has 0 aliphatic rings. The second-order valence-electron chi connectivity index (χ2n) is 4.67. The van der Waals surface area contributed by atoms with Gasteiger partial charge in [-0.15, -0.1) is 0 Å². The monoisotopic (exact) mass is 237 g/mol. The van der Waals surface area contributed by atoms with Crippen molar-refractivity contribution in [1.29, 1.82) is 0 Å². The zero-order valence-corrected chi connectivity index (χ0v) is 11.2. The maximum absolute atomic E-state index is 9.69. The van der Waals surface area contributed by atoms with E-state index in [2.05, 4.69) is 19.0 Å². The standard InChI is InChI=1S/C14H23NO2/c1-11-7-5-8-13(12(2)16)14(11)17-10-6-9-15(3)4/h5,7-8,12,16H,6,9-10H2,1-4H3. The van der Waals surface area contributed by atoms with Crippen molar-refractivity contribution in [1.82, 2.24) is 4.90 Å². The fraction of sp³-hybridized carbons (Fsp3) is 0.571. The number of aliphatic hydroxyl groups excluding tert-OH is 1. The Morgan fingerprint density at radius 1 is 1.35 bits per heavy atom. The third kappa shape index (κ3) is 4.36. The van der Waals surface area contributed by atoms with E-state index in [0.29, 0.717) is 6.61 Å². The Morgan fingerprint density at radius 3 is 2.65 bits per heavy atom. The maximum Gasteiger partial charge on any atom is 0.127 e. The van der Waals surface area contributed by atoms with Crippen molar-refractivity contribution in [3.05, 3.63) is 29.3 Å². The van der Waals surface area contributed by atoms with E-state index in [1.54, 1.807) is 6.92 Å². The quantitative estimate of drug-likeness (QED) is 0.771. The average molecular weight is 237 g/mol. The average Bonchev–Trinajstić information content (AvgIpc) is 2.25. The Labute approximate surface area is 104 Å². The molecule has 0 bridgehead atoms. The van der Waals surface area contributed by atoms with Gasteiger partial charge in [0.1, 0.15) is 5.75 Å². The van der Waals surface area contributed by atoms with Gasteiger partial charge < -0.3 is 14.7 Å². The van der Waals surface area contributed by atoms with Crippen LogP contribution in [-0.2, 0) is 0 Å². The highest BCUT2D eigenvalue weighted by molar-refractivity contribution is 5.41. The molecule has 1 unspecified atom stereocenters. The lowest BCUT2D eigenvalue weighted by atomic mass is 10.1. The van der Waals surface area contributed by atoms with E-state index in [-0.39, 0.29) is 0 Å². The fourth-order valence-electron chi connectivity index (χ4n) is 1.76. The van der Waals surface area contributed by atoms with E-state index in [0.717, 1.165) is 29.8 Å². The van der Waals surface area contributed by atoms with E-state index in [9.17, 15) is 5.11 Å². The molecule has 3 nitrogen and oxygen atoms in total. The van der Waals surface area contributed by atoms with Gasteiger partial charge in [0, 0.05) is 12.1 Å². The van der Waals surface area contributed by atoms with E-state index < -0.39 is 6.10 Å². The molecule has 0 heterocycles. The SMILES string of the molecule is Cc1cccc(C(C)O)c1OCCCN(C)C. The van der Waals surface area contributed by atoms with Crippen molar-refractivity contribution >= 4 is 0 Å². The fourth-order valence-corrected chi connectivity index (χ4v) is 1.76. The normalized spacial score (nSPS) is 12.8. The van der Waals surface area contributed by atoms with Gasteiger partial charge in [0.05, 0.1) is 12.7 Å². The van der Waals surface area contributed by atoms with Crippen LogP contribution in [0.25, 0.3) is 0 Å². The summed E-state index contributed by atoms with van der Waals surface area (Å²) < 4.78 is 5.79. The lowest BCUT2D eigenvalue weighted by Crippen LogP contribution is -2.16. The smallest absolute Gasteiger partial charge is 0.127 e. The molecular weight excluding hydrogens is 214 g/mol. The zero-order valence-electron chi connectivity index (χ0n) is 11.2. The first-order chi connectivity index (χ1) is 8.02. The molecule has 1 aromatic rings. The summed E-state index contributed by atoms with van der Waals surface area (Å²) in [7, 11) is 4.10. The minimum atomic E-state index is -0.487. The van der Waals surface area contributed by atoms with Gasteiger partial charge in [0.25, 0.3) is 0 Å². The van der Waals surface area contributed by atoms with Crippen LogP contribution in [-0.4, -0.2) is 37.3 Å². The van der Waals surface area contributed by atoms with Crippen molar-refractivity contribution in [3.8, 4) is 5.75 Å². The molecule has 0 saturated heterocycles. The molecule has 0 spiro atoms. The molecule has 0 fully saturated rings. The number of benzene rings is 1. The van der Waals surface area contributed by atoms with Gasteiger partial charge in [-0.3, -0.25) is 0 Å². The molecule has 1 N–H and O–H groups in total. The van der Waals surface area contributed by atoms with Crippen molar-refractivity contribution in [3.63, 3.8) is 0 Å². The van der Waals surface area contributed by atoms with Gasteiger partial charge >= 0.3 is 0 Å². The molecule has 3 heteroatoms. The molecule has 17 heavy (non-hydrogen) atoms. The maximum atomic E-state index is 9.69. The van der Waals surface area contributed by atoms with Crippen molar-refractivity contribution in [2.75, 3.05) is 27.2 Å². The van der Waals surface area contributed by atoms with Crippen molar-refractivity contribution < 1.29 is 9.84 Å². The van der Waals surface area contributed by atoms with Crippen LogP contribution in [0.5, 0.6) is 5.75 Å². The molecule has 0 radical (unpaired) electrons. The molecule has 0 saturated carbocycles. The first-order valence-electron chi connectivity index (χ1n) is 6.07. The van der Waals surface area contributed by atoms with Crippen LogP contribution in [0.15, 0.2) is 18.2 Å². The third-order valence-corrected chi connectivity index (χ3v) is 2.69. The molecule has 1 rings (SSSR count). The first kappa shape index (κ1) is 14.0. The lowest BCUT2D eigenvalue weighted by Gasteiger charge is -2.16. The molecule has 0 aliphatic carbocycles. The van der Waals surface area contributed by atoms with Gasteiger partial charge in [-0.1, -0.05) is 18.2 Å². The van der Waals surface area contributed by atoms with Crippen LogP contribution in [0, 0.1) is 6.92 Å². The number of hydrogen-bond acceptors (Lipinski definition) is 3. The van der Waals surface area contributed by atoms with Gasteiger partial charge in [0.2, 0.25) is 0 Å². The number of nitrogens with zero attached hydrogens (tertiary/aromatic N) is 1. The molecule has 0 aliphatic heterocycles. The number of aryl methyl sites for hydroxylation is 1. The summed E-state index contributed by atoms with van der Waals surface area (Å²) in [5.74, 6) is 0.834. The highest BCUT2D eigenvalue weighted by Crippen LogP contribution is 2.28. The molecule has 1 aromatic carbocycles. The minimum absolute atomic E-state index is 0.487. The lowest BCUT2D eigenvalue weighted by molar-refractivity contribution is 0.189. The van der Waals surface area contributed by atoms with E-state index in [1.165, 1.54) is 0 Å². The highest BCUT2D eigenvalue weighted by atomic mass is 16.5. The van der Waals surface area contributed by atoms with Crippen LogP contribution < -0.4 is 4.74 Å². The predicted octanol–water partition coefficient (Wildman–Crippen LogP) is 2.38. The third-order valence-electron chi connectivity index (χ3n) is 2.69. The van der Waals surface area contributed by atoms with E-state index >= 15 is 0 Å². The number of para-hydroxylation sites is 1. The number of ether oxygens (including phenoxy) is 1. The van der Waals surface area contributed by atoms with E-state index in [1.807, 2.05) is 25.1 Å². The van der Waals surface area contributed by atoms with Crippen LogP contribution in [0.3, 0.4) is 0 Å². The van der Waals surface area contributed by atoms with E-state index in [4.69, 9.17) is 4.74 Å². The van der Waals surface area contributed by atoms with Gasteiger partial charge in [0.15, 0.2) is 0 Å². The summed E-state index contributed by atoms with van der Waals surface area (Å²) in [5, 5.41) is 9.69. The van der Waals surface area contributed by atoms with Crippen LogP contribution >= 0.6 is 0 Å². The van der Waals surface area contributed by atoms with Crippen LogP contribution in [0.1, 0.15) is 30.6 Å². The van der Waals surface area contributed by atoms with Crippen molar-refractivity contribution in [2.24, 2.45) is 0 Å².